The highest BCUT2D eigenvalue weighted by molar-refractivity contribution is 7.73. The fourth-order valence-electron chi connectivity index (χ4n) is 5.10. The number of benzene rings is 4. The van der Waals surface area contributed by atoms with Crippen molar-refractivity contribution in [1.29, 1.82) is 0 Å². The molecule has 0 aliphatic rings. The molecule has 0 fully saturated rings. The maximum absolute atomic E-state index is 2.37. The van der Waals surface area contributed by atoms with Gasteiger partial charge in [0.15, 0.2) is 0 Å². The van der Waals surface area contributed by atoms with Gasteiger partial charge in [0.1, 0.15) is 0 Å². The first-order valence-electron chi connectivity index (χ1n) is 13.3. The zero-order valence-corrected chi connectivity index (χ0v) is 24.2. The van der Waals surface area contributed by atoms with Crippen molar-refractivity contribution in [2.45, 2.75) is 53.4 Å². The Bertz CT molecular complexity index is 1070. The molecule has 0 aliphatic heterocycles. The van der Waals surface area contributed by atoms with Gasteiger partial charge in [0.25, 0.3) is 0 Å². The first kappa shape index (κ1) is 26.8. The number of hydrogen-bond acceptors (Lipinski definition) is 0. The maximum Gasteiger partial charge on any atom is -0.0166 e. The summed E-state index contributed by atoms with van der Waals surface area (Å²) in [6.45, 7) is 9.12. The highest BCUT2D eigenvalue weighted by atomic mass is 31.1. The van der Waals surface area contributed by atoms with E-state index >= 15 is 0 Å². The van der Waals surface area contributed by atoms with Crippen LogP contribution in [0, 0.1) is 27.7 Å². The molecule has 0 aliphatic carbocycles. The molecule has 0 saturated carbocycles. The van der Waals surface area contributed by atoms with Crippen LogP contribution in [0.25, 0.3) is 0 Å². The Morgan fingerprint density at radius 3 is 0.861 bits per heavy atom. The Morgan fingerprint density at radius 1 is 0.361 bits per heavy atom. The van der Waals surface area contributed by atoms with Gasteiger partial charge in [-0.15, -0.1) is 0 Å². The van der Waals surface area contributed by atoms with E-state index in [-0.39, 0.29) is 15.8 Å². The van der Waals surface area contributed by atoms with Gasteiger partial charge in [0.05, 0.1) is 0 Å². The van der Waals surface area contributed by atoms with Gasteiger partial charge in [-0.2, -0.15) is 0 Å². The van der Waals surface area contributed by atoms with Gasteiger partial charge >= 0.3 is 0 Å². The highest BCUT2D eigenvalue weighted by Crippen LogP contribution is 2.39. The number of hydrogen-bond donors (Lipinski definition) is 0. The molecule has 0 amide bonds. The predicted octanol–water partition coefficient (Wildman–Crippen LogP) is 8.05. The minimum Gasteiger partial charge on any atom is -0.0620 e. The lowest BCUT2D eigenvalue weighted by molar-refractivity contribution is 0.709. The van der Waals surface area contributed by atoms with Gasteiger partial charge < -0.3 is 0 Å². The summed E-state index contributed by atoms with van der Waals surface area (Å²) in [6, 6.07) is 36.1. The Labute approximate surface area is 221 Å². The summed E-state index contributed by atoms with van der Waals surface area (Å²) in [7, 11) is -0.605. The summed E-state index contributed by atoms with van der Waals surface area (Å²) in [5, 5.41) is 6.24. The summed E-state index contributed by atoms with van der Waals surface area (Å²) >= 11 is 0. The molecule has 186 valence electrons. The minimum atomic E-state index is -0.303. The van der Waals surface area contributed by atoms with Crippen molar-refractivity contribution in [3.05, 3.63) is 119 Å². The van der Waals surface area contributed by atoms with Gasteiger partial charge in [0, 0.05) is 0 Å². The first-order chi connectivity index (χ1) is 17.6. The molecule has 0 unspecified atom stereocenters. The molecular weight excluding hydrogens is 470 g/mol. The third kappa shape index (κ3) is 6.73. The van der Waals surface area contributed by atoms with Crippen molar-refractivity contribution in [2.24, 2.45) is 0 Å². The largest absolute Gasteiger partial charge is 0.0620 e. The molecule has 4 rings (SSSR count). The van der Waals surface area contributed by atoms with E-state index in [1.807, 2.05) is 0 Å². The SMILES string of the molecule is Cc1ccccc1P(CCCCCCP(c1ccccc1C)c1ccccc1C)c1ccccc1C. The van der Waals surface area contributed by atoms with Crippen LogP contribution in [-0.4, -0.2) is 12.3 Å². The van der Waals surface area contributed by atoms with Crippen molar-refractivity contribution in [3.63, 3.8) is 0 Å². The van der Waals surface area contributed by atoms with Crippen LogP contribution in [-0.2, 0) is 0 Å². The van der Waals surface area contributed by atoms with E-state index in [2.05, 4.69) is 125 Å². The minimum absolute atomic E-state index is 0.303. The van der Waals surface area contributed by atoms with Crippen molar-refractivity contribution >= 4 is 37.1 Å². The summed E-state index contributed by atoms with van der Waals surface area (Å²) in [6.07, 6.45) is 7.83. The van der Waals surface area contributed by atoms with Crippen LogP contribution >= 0.6 is 15.8 Å². The third-order valence-corrected chi connectivity index (χ3v) is 13.0. The average Bonchev–Trinajstić information content (AvgIpc) is 2.88. The Balaban J connectivity index is 1.40. The molecule has 0 saturated heterocycles. The maximum atomic E-state index is 2.37. The Morgan fingerprint density at radius 2 is 0.611 bits per heavy atom. The van der Waals surface area contributed by atoms with Crippen molar-refractivity contribution in [1.82, 2.24) is 0 Å². The summed E-state index contributed by atoms with van der Waals surface area (Å²) in [5.74, 6) is 0. The summed E-state index contributed by atoms with van der Waals surface area (Å²) in [5.41, 5.74) is 5.76. The fraction of sp³-hybridized carbons (Fsp3) is 0.294. The smallest absolute Gasteiger partial charge is 0.0166 e. The number of unbranched alkanes of at least 4 members (excludes halogenated alkanes) is 3. The van der Waals surface area contributed by atoms with Gasteiger partial charge in [-0.3, -0.25) is 0 Å². The van der Waals surface area contributed by atoms with Gasteiger partial charge in [-0.25, -0.2) is 0 Å². The van der Waals surface area contributed by atoms with Crippen LogP contribution in [0.1, 0.15) is 47.9 Å². The van der Waals surface area contributed by atoms with Crippen LogP contribution in [0.2, 0.25) is 0 Å². The van der Waals surface area contributed by atoms with Crippen molar-refractivity contribution in [3.8, 4) is 0 Å². The van der Waals surface area contributed by atoms with Gasteiger partial charge in [0.2, 0.25) is 0 Å². The van der Waals surface area contributed by atoms with Crippen LogP contribution in [0.3, 0.4) is 0 Å². The first-order valence-corrected chi connectivity index (χ1v) is 16.4. The highest BCUT2D eigenvalue weighted by Gasteiger charge is 2.19. The zero-order chi connectivity index (χ0) is 25.3. The predicted molar refractivity (Wildman–Crippen MR) is 165 cm³/mol. The molecule has 0 aromatic heterocycles. The van der Waals surface area contributed by atoms with E-state index < -0.39 is 0 Å². The van der Waals surface area contributed by atoms with E-state index in [4.69, 9.17) is 0 Å². The molecule has 36 heavy (non-hydrogen) atoms. The fourth-order valence-corrected chi connectivity index (χ4v) is 10.7. The standard InChI is InChI=1S/C34H40P2/c1-27-17-7-11-21-31(27)35(32-22-12-8-18-28(32)2)25-15-5-6-16-26-36(33-23-13-9-19-29(33)3)34-24-14-10-20-30(34)4/h7-14,17-24H,5-6,15-16,25-26H2,1-4H3. The van der Waals surface area contributed by atoms with E-state index in [1.165, 1.54) is 60.3 Å². The quantitative estimate of drug-likeness (QED) is 0.141. The molecule has 0 nitrogen and oxygen atoms in total. The summed E-state index contributed by atoms with van der Waals surface area (Å²) in [4.78, 5) is 0. The monoisotopic (exact) mass is 510 g/mol. The van der Waals surface area contributed by atoms with Gasteiger partial charge in [-0.1, -0.05) is 110 Å². The molecule has 0 heterocycles. The van der Waals surface area contributed by atoms with Crippen LogP contribution in [0.4, 0.5) is 0 Å². The molecule has 0 N–H and O–H groups in total. The van der Waals surface area contributed by atoms with E-state index in [0.29, 0.717) is 0 Å². The van der Waals surface area contributed by atoms with Crippen molar-refractivity contribution in [2.75, 3.05) is 12.3 Å². The molecule has 4 aromatic carbocycles. The lowest BCUT2D eigenvalue weighted by Crippen LogP contribution is -2.19. The zero-order valence-electron chi connectivity index (χ0n) is 22.4. The molecule has 4 aromatic rings. The molecule has 0 radical (unpaired) electrons. The number of aryl methyl sites for hydroxylation is 4. The van der Waals surface area contributed by atoms with Gasteiger partial charge in [-0.05, 0) is 112 Å². The lowest BCUT2D eigenvalue weighted by Gasteiger charge is -2.23. The molecular formula is C34H40P2. The average molecular weight is 511 g/mol. The topological polar surface area (TPSA) is 0 Å². The molecule has 0 spiro atoms. The van der Waals surface area contributed by atoms with Crippen LogP contribution in [0.5, 0.6) is 0 Å². The van der Waals surface area contributed by atoms with E-state index in [1.54, 1.807) is 21.2 Å². The van der Waals surface area contributed by atoms with Crippen LogP contribution in [0.15, 0.2) is 97.1 Å². The van der Waals surface area contributed by atoms with E-state index in [0.717, 1.165) is 0 Å². The second-order valence-corrected chi connectivity index (χ2v) is 14.4. The summed E-state index contributed by atoms with van der Waals surface area (Å²) < 4.78 is 0. The van der Waals surface area contributed by atoms with E-state index in [9.17, 15) is 0 Å². The molecule has 0 atom stereocenters. The lowest BCUT2D eigenvalue weighted by atomic mass is 10.2. The second kappa shape index (κ2) is 13.3. The second-order valence-electron chi connectivity index (χ2n) is 9.86. The van der Waals surface area contributed by atoms with Crippen LogP contribution < -0.4 is 21.2 Å². The number of rotatable bonds is 11. The molecule has 0 bridgehead atoms. The Kier molecular flexibility index (Phi) is 9.92. The Hall–Kier alpha value is -2.26. The van der Waals surface area contributed by atoms with Crippen molar-refractivity contribution < 1.29 is 0 Å². The molecule has 2 heteroatoms. The third-order valence-electron chi connectivity index (χ3n) is 7.14. The normalized spacial score (nSPS) is 11.4.